The molecule has 1 unspecified atom stereocenters. The van der Waals surface area contributed by atoms with Crippen LogP contribution >= 0.6 is 0 Å². The molecule has 0 amide bonds. The fraction of sp³-hybridized carbons (Fsp3) is 0.395. The number of Topliss-reactive ketones (excluding diaryl/α,β-unsaturated/α-hetero) is 1. The second kappa shape index (κ2) is 13.6. The monoisotopic (exact) mass is 578 g/mol. The smallest absolute Gasteiger partial charge is 0.136 e. The van der Waals surface area contributed by atoms with E-state index >= 15 is 0 Å². The summed E-state index contributed by atoms with van der Waals surface area (Å²) in [4.78, 5) is 13.6. The zero-order valence-electron chi connectivity index (χ0n) is 25.0. The lowest BCUT2D eigenvalue weighted by Gasteiger charge is -2.32. The maximum atomic E-state index is 13.6. The van der Waals surface area contributed by atoms with Gasteiger partial charge in [-0.3, -0.25) is 4.79 Å². The van der Waals surface area contributed by atoms with Crippen molar-refractivity contribution < 1.29 is 24.1 Å². The van der Waals surface area contributed by atoms with Gasteiger partial charge in [0.2, 0.25) is 0 Å². The van der Waals surface area contributed by atoms with Crippen molar-refractivity contribution in [2.45, 2.75) is 63.9 Å². The van der Waals surface area contributed by atoms with Gasteiger partial charge in [-0.25, -0.2) is 0 Å². The second-order valence-electron chi connectivity index (χ2n) is 12.3. The molecule has 224 valence electrons. The molecular formula is C38H42O5. The molecule has 1 saturated carbocycles. The molecule has 5 nitrogen and oxygen atoms in total. The lowest BCUT2D eigenvalue weighted by atomic mass is 9.74. The van der Waals surface area contributed by atoms with Gasteiger partial charge >= 0.3 is 0 Å². The Morgan fingerprint density at radius 1 is 0.884 bits per heavy atom. The molecule has 1 N–H and O–H groups in total. The number of ether oxygens (including phenoxy) is 3. The van der Waals surface area contributed by atoms with Gasteiger partial charge in [-0.15, -0.1) is 0 Å². The van der Waals surface area contributed by atoms with Crippen LogP contribution in [0.4, 0.5) is 0 Å². The van der Waals surface area contributed by atoms with E-state index in [1.807, 2.05) is 54.6 Å². The number of fused-ring (bicyclic) bond motifs is 5. The molecule has 0 spiro atoms. The second-order valence-corrected chi connectivity index (χ2v) is 12.3. The van der Waals surface area contributed by atoms with Gasteiger partial charge in [0.15, 0.2) is 0 Å². The summed E-state index contributed by atoms with van der Waals surface area (Å²) in [6.07, 6.45) is 7.93. The average Bonchev–Trinajstić information content (AvgIpc) is 3.55. The van der Waals surface area contributed by atoms with E-state index in [0.717, 1.165) is 58.6 Å². The van der Waals surface area contributed by atoms with E-state index in [1.165, 1.54) is 31.2 Å². The molecule has 1 fully saturated rings. The van der Waals surface area contributed by atoms with Crippen LogP contribution in [0.3, 0.4) is 0 Å². The summed E-state index contributed by atoms with van der Waals surface area (Å²) in [6.45, 7) is 0.323. The van der Waals surface area contributed by atoms with Crippen LogP contribution in [0.15, 0.2) is 84.9 Å². The van der Waals surface area contributed by atoms with Crippen molar-refractivity contribution in [3.05, 3.63) is 96.1 Å². The number of benzene rings is 4. The van der Waals surface area contributed by atoms with Crippen molar-refractivity contribution in [3.63, 3.8) is 0 Å². The van der Waals surface area contributed by atoms with Crippen molar-refractivity contribution in [3.8, 4) is 23.0 Å². The number of hydrogen-bond acceptors (Lipinski definition) is 5. The average molecular weight is 579 g/mol. The molecular weight excluding hydrogens is 536 g/mol. The molecule has 2 heterocycles. The Bertz CT molecular complexity index is 1500. The van der Waals surface area contributed by atoms with Crippen LogP contribution in [0.25, 0.3) is 10.8 Å². The lowest BCUT2D eigenvalue weighted by molar-refractivity contribution is -0.121. The summed E-state index contributed by atoms with van der Waals surface area (Å²) in [5, 5.41) is 14.2. The van der Waals surface area contributed by atoms with E-state index in [0.29, 0.717) is 25.4 Å². The number of aliphatic hydroxyl groups excluding tert-OH is 1. The van der Waals surface area contributed by atoms with Gasteiger partial charge in [0.25, 0.3) is 0 Å². The summed E-state index contributed by atoms with van der Waals surface area (Å²) >= 11 is 0. The molecule has 2 aliphatic heterocycles. The van der Waals surface area contributed by atoms with E-state index in [-0.39, 0.29) is 17.6 Å². The Balaban J connectivity index is 1.28. The Morgan fingerprint density at radius 2 is 1.63 bits per heavy atom. The van der Waals surface area contributed by atoms with Crippen molar-refractivity contribution >= 4 is 16.6 Å². The normalized spacial score (nSPS) is 20.3. The molecule has 0 aromatic heterocycles. The highest BCUT2D eigenvalue weighted by Gasteiger charge is 2.32. The largest absolute Gasteiger partial charge is 0.497 e. The molecule has 0 saturated heterocycles. The summed E-state index contributed by atoms with van der Waals surface area (Å²) < 4.78 is 17.3. The molecule has 0 radical (unpaired) electrons. The first kappa shape index (κ1) is 29.3. The topological polar surface area (TPSA) is 65.0 Å². The maximum absolute atomic E-state index is 13.6. The molecule has 7 rings (SSSR count). The van der Waals surface area contributed by atoms with E-state index in [9.17, 15) is 9.90 Å². The quantitative estimate of drug-likeness (QED) is 0.204. The summed E-state index contributed by atoms with van der Waals surface area (Å²) in [6, 6.07) is 27.9. The van der Waals surface area contributed by atoms with E-state index in [2.05, 4.69) is 30.3 Å². The van der Waals surface area contributed by atoms with Gasteiger partial charge < -0.3 is 19.3 Å². The van der Waals surface area contributed by atoms with Crippen molar-refractivity contribution in [1.82, 2.24) is 0 Å². The summed E-state index contributed by atoms with van der Waals surface area (Å²) in [7, 11) is 1.64. The molecule has 4 bridgehead atoms. The standard InChI is InChI=1S/C38H42O5/c1-41-32-16-18-33(19-17-32)42-22-21-31(39)24-30-23-29-8-4-7-27-10-15-35(25-37(27)29)43-34-13-11-28(12-14-34)38(40)36(30)20-9-26-5-2-3-6-26/h4,7-8,10-19,25-26,30,36,38,40H,2-3,5-6,9,20-24H2,1H3/t30?,36-,38+/m0/s1. The molecule has 4 aromatic carbocycles. The van der Waals surface area contributed by atoms with Crippen LogP contribution in [0.5, 0.6) is 23.0 Å². The minimum Gasteiger partial charge on any atom is -0.497 e. The minimum atomic E-state index is -0.660. The summed E-state index contributed by atoms with van der Waals surface area (Å²) in [5.41, 5.74) is 2.07. The predicted octanol–water partition coefficient (Wildman–Crippen LogP) is 8.86. The minimum absolute atomic E-state index is 0.0134. The van der Waals surface area contributed by atoms with E-state index < -0.39 is 6.10 Å². The Kier molecular flexibility index (Phi) is 9.28. The molecule has 1 aliphatic carbocycles. The number of aliphatic hydroxyl groups is 1. The van der Waals surface area contributed by atoms with Crippen LogP contribution in [-0.2, 0) is 11.2 Å². The van der Waals surface area contributed by atoms with Crippen LogP contribution in [-0.4, -0.2) is 24.6 Å². The van der Waals surface area contributed by atoms with E-state index in [1.54, 1.807) is 7.11 Å². The van der Waals surface area contributed by atoms with Crippen molar-refractivity contribution in [1.29, 1.82) is 0 Å². The molecule has 4 aromatic rings. The molecule has 5 heteroatoms. The fourth-order valence-corrected chi connectivity index (χ4v) is 7.06. The van der Waals surface area contributed by atoms with Crippen LogP contribution in [0.1, 0.15) is 68.6 Å². The van der Waals surface area contributed by atoms with Gasteiger partial charge in [-0.1, -0.05) is 68.5 Å². The van der Waals surface area contributed by atoms with Gasteiger partial charge in [0.05, 0.1) is 19.8 Å². The van der Waals surface area contributed by atoms with Crippen molar-refractivity contribution in [2.24, 2.45) is 17.8 Å². The third-order valence-corrected chi connectivity index (χ3v) is 9.48. The van der Waals surface area contributed by atoms with E-state index in [4.69, 9.17) is 14.2 Å². The van der Waals surface area contributed by atoms with Gasteiger partial charge in [-0.05, 0) is 101 Å². The lowest BCUT2D eigenvalue weighted by Crippen LogP contribution is -2.27. The number of methoxy groups -OCH3 is 1. The highest BCUT2D eigenvalue weighted by atomic mass is 16.5. The van der Waals surface area contributed by atoms with Crippen LogP contribution < -0.4 is 14.2 Å². The first-order valence-electron chi connectivity index (χ1n) is 15.8. The molecule has 3 atom stereocenters. The summed E-state index contributed by atoms with van der Waals surface area (Å²) in [5.74, 6) is 3.84. The van der Waals surface area contributed by atoms with Crippen molar-refractivity contribution in [2.75, 3.05) is 13.7 Å². The number of rotatable bonds is 10. The molecule has 43 heavy (non-hydrogen) atoms. The van der Waals surface area contributed by atoms with Crippen LogP contribution in [0.2, 0.25) is 0 Å². The van der Waals surface area contributed by atoms with Gasteiger partial charge in [-0.2, -0.15) is 0 Å². The number of hydrogen-bond donors (Lipinski definition) is 1. The van der Waals surface area contributed by atoms with Gasteiger partial charge in [0.1, 0.15) is 28.8 Å². The Hall–Kier alpha value is -3.83. The fourth-order valence-electron chi connectivity index (χ4n) is 7.06. The number of ketones is 1. The SMILES string of the molecule is COc1ccc(OCCC(=O)CC2Cc3cccc4ccc(cc34)Oc3ccc(cc3)[C@@H](O)[C@H]2CCC2CCCC2)cc1. The first-order chi connectivity index (χ1) is 21.1. The maximum Gasteiger partial charge on any atom is 0.136 e. The molecule has 3 aliphatic rings. The predicted molar refractivity (Wildman–Crippen MR) is 170 cm³/mol. The van der Waals surface area contributed by atoms with Crippen LogP contribution in [0, 0.1) is 17.8 Å². The third-order valence-electron chi connectivity index (χ3n) is 9.48. The highest BCUT2D eigenvalue weighted by molar-refractivity contribution is 5.87. The third kappa shape index (κ3) is 7.22. The Morgan fingerprint density at radius 3 is 2.40 bits per heavy atom. The number of carbonyl (C=O) groups is 1. The first-order valence-corrected chi connectivity index (χ1v) is 15.8. The Labute approximate surface area is 254 Å². The number of carbonyl (C=O) groups excluding carboxylic acids is 1. The highest BCUT2D eigenvalue weighted by Crippen LogP contribution is 2.41. The zero-order valence-corrected chi connectivity index (χ0v) is 25.0. The van der Waals surface area contributed by atoms with Gasteiger partial charge in [0, 0.05) is 12.8 Å². The zero-order chi connectivity index (χ0) is 29.6.